The molecular weight excluding hydrogens is 837 g/mol. The van der Waals surface area contributed by atoms with E-state index in [2.05, 4.69) is 265 Å². The van der Waals surface area contributed by atoms with E-state index in [1.165, 1.54) is 62.6 Å². The highest BCUT2D eigenvalue weighted by atomic mass is 32.1. The van der Waals surface area contributed by atoms with Gasteiger partial charge in [-0.2, -0.15) is 0 Å². The molecule has 0 fully saturated rings. The van der Waals surface area contributed by atoms with Gasteiger partial charge < -0.3 is 9.80 Å². The molecule has 0 saturated carbocycles. The molecule has 0 aliphatic carbocycles. The van der Waals surface area contributed by atoms with Gasteiger partial charge in [0.25, 0.3) is 0 Å². The minimum Gasteiger partial charge on any atom is -0.310 e. The zero-order chi connectivity index (χ0) is 43.8. The van der Waals surface area contributed by atoms with Gasteiger partial charge in [0.1, 0.15) is 0 Å². The summed E-state index contributed by atoms with van der Waals surface area (Å²) in [7, 11) is 0. The number of hydrogen-bond acceptors (Lipinski definition) is 4. The maximum absolute atomic E-state index is 2.37. The molecule has 0 spiro atoms. The number of nitrogens with zero attached hydrogens (tertiary/aromatic N) is 2. The summed E-state index contributed by atoms with van der Waals surface area (Å²) in [5.41, 5.74) is 13.8. The van der Waals surface area contributed by atoms with Crippen LogP contribution in [0.4, 0.5) is 34.1 Å². The molecule has 0 amide bonds. The molecule has 4 heteroatoms. The Hall–Kier alpha value is -8.02. The first-order valence-corrected chi connectivity index (χ1v) is 23.9. The Labute approximate surface area is 392 Å². The highest BCUT2D eigenvalue weighted by Crippen LogP contribution is 2.43. The molecule has 2 aromatic heterocycles. The molecule has 0 bridgehead atoms. The number of benzene rings is 10. The van der Waals surface area contributed by atoms with Gasteiger partial charge in [-0.3, -0.25) is 0 Å². The van der Waals surface area contributed by atoms with Crippen LogP contribution in [0, 0.1) is 0 Å². The lowest BCUT2D eigenvalue weighted by molar-refractivity contribution is 1.29. The largest absolute Gasteiger partial charge is 0.310 e. The smallest absolute Gasteiger partial charge is 0.0468 e. The second kappa shape index (κ2) is 17.2. The van der Waals surface area contributed by atoms with Crippen LogP contribution < -0.4 is 9.80 Å². The molecule has 66 heavy (non-hydrogen) atoms. The molecular formula is C62H42N2S2. The van der Waals surface area contributed by atoms with Gasteiger partial charge in [-0.05, 0) is 130 Å². The predicted octanol–water partition coefficient (Wildman–Crippen LogP) is 18.9. The van der Waals surface area contributed by atoms with Crippen molar-refractivity contribution in [3.63, 3.8) is 0 Å². The van der Waals surface area contributed by atoms with Gasteiger partial charge in [0.2, 0.25) is 0 Å². The summed E-state index contributed by atoms with van der Waals surface area (Å²) in [5, 5.41) is 5.16. The molecule has 0 N–H and O–H groups in total. The summed E-state index contributed by atoms with van der Waals surface area (Å²) in [5.74, 6) is 0. The van der Waals surface area contributed by atoms with Crippen LogP contribution in [0.5, 0.6) is 0 Å². The van der Waals surface area contributed by atoms with E-state index in [9.17, 15) is 0 Å². The Kier molecular flexibility index (Phi) is 10.3. The molecule has 0 unspecified atom stereocenters. The van der Waals surface area contributed by atoms with Crippen LogP contribution in [-0.4, -0.2) is 0 Å². The topological polar surface area (TPSA) is 6.48 Å². The average molecular weight is 879 g/mol. The Bertz CT molecular complexity index is 3420. The van der Waals surface area contributed by atoms with E-state index in [-0.39, 0.29) is 0 Å². The number of fused-ring (bicyclic) bond motifs is 6. The molecule has 0 radical (unpaired) electrons. The van der Waals surface area contributed by atoms with Crippen LogP contribution in [0.1, 0.15) is 11.1 Å². The molecule has 0 aliphatic rings. The molecule has 12 rings (SSSR count). The summed E-state index contributed by atoms with van der Waals surface area (Å²) >= 11 is 3.70. The number of thiophene rings is 2. The van der Waals surface area contributed by atoms with Crippen molar-refractivity contribution in [1.29, 1.82) is 0 Å². The molecule has 2 heterocycles. The van der Waals surface area contributed by atoms with Crippen molar-refractivity contribution in [3.8, 4) is 22.3 Å². The van der Waals surface area contributed by atoms with Crippen molar-refractivity contribution in [3.05, 3.63) is 254 Å². The maximum Gasteiger partial charge on any atom is 0.0468 e. The molecule has 0 atom stereocenters. The maximum atomic E-state index is 2.37. The third-order valence-electron chi connectivity index (χ3n) is 12.5. The second-order valence-electron chi connectivity index (χ2n) is 16.6. The lowest BCUT2D eigenvalue weighted by Gasteiger charge is -2.26. The molecule has 10 aromatic carbocycles. The summed E-state index contributed by atoms with van der Waals surface area (Å²) < 4.78 is 5.22. The van der Waals surface area contributed by atoms with E-state index in [4.69, 9.17) is 0 Å². The van der Waals surface area contributed by atoms with E-state index >= 15 is 0 Å². The van der Waals surface area contributed by atoms with Gasteiger partial charge in [0, 0.05) is 74.5 Å². The standard InChI is InChI=1S/C62H42N2S2/c1-3-11-45(12-4-1)47-25-33-51(34-26-47)63(53-37-39-61-57(41-53)55-15-7-9-17-59(55)65-61)49-29-21-43(22-30-49)19-20-44-23-31-50(32-24-44)64(52-35-27-48(28-36-52)46-13-5-2-6-14-46)54-38-40-62-58(42-54)56-16-8-10-18-60(56)66-62/h1-42H. The van der Waals surface area contributed by atoms with Crippen molar-refractivity contribution in [2.45, 2.75) is 0 Å². The summed E-state index contributed by atoms with van der Waals surface area (Å²) in [6, 6.07) is 88.0. The average Bonchev–Trinajstić information content (AvgIpc) is 3.96. The Balaban J connectivity index is 0.851. The zero-order valence-corrected chi connectivity index (χ0v) is 37.6. The fourth-order valence-electron chi connectivity index (χ4n) is 9.13. The number of rotatable bonds is 10. The van der Waals surface area contributed by atoms with Crippen LogP contribution in [0.2, 0.25) is 0 Å². The zero-order valence-electron chi connectivity index (χ0n) is 36.0. The minimum atomic E-state index is 1.10. The fraction of sp³-hybridized carbons (Fsp3) is 0. The fourth-order valence-corrected chi connectivity index (χ4v) is 11.3. The van der Waals surface area contributed by atoms with Crippen molar-refractivity contribution < 1.29 is 0 Å². The SMILES string of the molecule is C(=Cc1ccc(N(c2ccc(-c3ccccc3)cc2)c2ccc3sc4ccccc4c3c2)cc1)c1ccc(N(c2ccc(-c3ccccc3)cc2)c2ccc3sc4ccccc4c3c2)cc1. The Morgan fingerprint density at radius 1 is 0.242 bits per heavy atom. The molecule has 2 nitrogen and oxygen atoms in total. The third kappa shape index (κ3) is 7.62. The van der Waals surface area contributed by atoms with Gasteiger partial charge in [-0.25, -0.2) is 0 Å². The van der Waals surface area contributed by atoms with Gasteiger partial charge >= 0.3 is 0 Å². The van der Waals surface area contributed by atoms with Crippen molar-refractivity contribution >= 4 is 109 Å². The van der Waals surface area contributed by atoms with E-state index in [0.29, 0.717) is 0 Å². The second-order valence-corrected chi connectivity index (χ2v) is 18.7. The van der Waals surface area contributed by atoms with Gasteiger partial charge in [0.05, 0.1) is 0 Å². The van der Waals surface area contributed by atoms with E-state index in [0.717, 1.165) is 45.3 Å². The predicted molar refractivity (Wildman–Crippen MR) is 288 cm³/mol. The van der Waals surface area contributed by atoms with Crippen LogP contribution in [0.15, 0.2) is 243 Å². The Morgan fingerprint density at radius 3 is 0.939 bits per heavy atom. The lowest BCUT2D eigenvalue weighted by Crippen LogP contribution is -2.09. The van der Waals surface area contributed by atoms with Crippen molar-refractivity contribution in [2.24, 2.45) is 0 Å². The van der Waals surface area contributed by atoms with Crippen LogP contribution in [0.25, 0.3) is 74.8 Å². The van der Waals surface area contributed by atoms with Crippen LogP contribution in [-0.2, 0) is 0 Å². The Morgan fingerprint density at radius 2 is 0.545 bits per heavy atom. The van der Waals surface area contributed by atoms with Crippen molar-refractivity contribution in [1.82, 2.24) is 0 Å². The third-order valence-corrected chi connectivity index (χ3v) is 14.8. The molecule has 12 aromatic rings. The first kappa shape index (κ1) is 39.6. The lowest BCUT2D eigenvalue weighted by atomic mass is 10.0. The molecule has 312 valence electrons. The minimum absolute atomic E-state index is 1.10. The highest BCUT2D eigenvalue weighted by Gasteiger charge is 2.17. The number of hydrogen-bond donors (Lipinski definition) is 0. The molecule has 0 saturated heterocycles. The van der Waals surface area contributed by atoms with Gasteiger partial charge in [-0.1, -0.05) is 158 Å². The van der Waals surface area contributed by atoms with Crippen LogP contribution >= 0.6 is 22.7 Å². The monoisotopic (exact) mass is 878 g/mol. The molecule has 0 aliphatic heterocycles. The number of anilines is 6. The summed E-state index contributed by atoms with van der Waals surface area (Å²) in [6.07, 6.45) is 4.41. The highest BCUT2D eigenvalue weighted by molar-refractivity contribution is 7.26. The summed E-state index contributed by atoms with van der Waals surface area (Å²) in [6.45, 7) is 0. The first-order chi connectivity index (χ1) is 32.7. The van der Waals surface area contributed by atoms with Gasteiger partial charge in [-0.15, -0.1) is 22.7 Å². The van der Waals surface area contributed by atoms with E-state index < -0.39 is 0 Å². The quantitative estimate of drug-likeness (QED) is 0.126. The van der Waals surface area contributed by atoms with Crippen molar-refractivity contribution in [2.75, 3.05) is 9.80 Å². The first-order valence-electron chi connectivity index (χ1n) is 22.3. The normalized spacial score (nSPS) is 11.6. The van der Waals surface area contributed by atoms with Gasteiger partial charge in [0.15, 0.2) is 0 Å². The summed E-state index contributed by atoms with van der Waals surface area (Å²) in [4.78, 5) is 4.73. The van der Waals surface area contributed by atoms with Crippen LogP contribution in [0.3, 0.4) is 0 Å². The van der Waals surface area contributed by atoms with E-state index in [1.807, 2.05) is 22.7 Å². The van der Waals surface area contributed by atoms with E-state index in [1.54, 1.807) is 0 Å².